The van der Waals surface area contributed by atoms with Crippen molar-refractivity contribution in [3.63, 3.8) is 0 Å². The van der Waals surface area contributed by atoms with Crippen LogP contribution in [-0.2, 0) is 33.1 Å². The molecule has 0 N–H and O–H groups in total. The van der Waals surface area contributed by atoms with E-state index in [1.165, 1.54) is 77.0 Å². The van der Waals surface area contributed by atoms with Crippen molar-refractivity contribution in [1.29, 1.82) is 0 Å². The van der Waals surface area contributed by atoms with Crippen LogP contribution in [0.5, 0.6) is 0 Å². The SMILES string of the molecule is CCCCCCCCCOP(=S)([S-])OCCCCCCCCC. The number of hydrogen-bond acceptors (Lipinski definition) is 4. The lowest BCUT2D eigenvalue weighted by atomic mass is 10.1. The van der Waals surface area contributed by atoms with Crippen LogP contribution >= 0.6 is 5.69 Å². The summed E-state index contributed by atoms with van der Waals surface area (Å²) in [6, 6.07) is 0. The number of hydrogen-bond donors (Lipinski definition) is 0. The molecule has 0 saturated heterocycles. The minimum Gasteiger partial charge on any atom is -0.691 e. The molecule has 0 aromatic carbocycles. The summed E-state index contributed by atoms with van der Waals surface area (Å²) in [5, 5.41) is 0. The van der Waals surface area contributed by atoms with Gasteiger partial charge in [-0.15, -0.1) is 0 Å². The molecule has 0 bridgehead atoms. The first-order valence-electron chi connectivity index (χ1n) is 9.72. The molecule has 0 fully saturated rings. The molecule has 0 aliphatic heterocycles. The lowest BCUT2D eigenvalue weighted by molar-refractivity contribution is 0.249. The lowest BCUT2D eigenvalue weighted by Gasteiger charge is -2.28. The van der Waals surface area contributed by atoms with Gasteiger partial charge >= 0.3 is 0 Å². The molecule has 0 aromatic rings. The quantitative estimate of drug-likeness (QED) is 0.141. The highest BCUT2D eigenvalue weighted by atomic mass is 32.9. The fourth-order valence-corrected chi connectivity index (χ4v) is 4.18. The first kappa shape index (κ1) is 23.9. The second-order valence-electron chi connectivity index (χ2n) is 6.36. The van der Waals surface area contributed by atoms with Crippen molar-refractivity contribution >= 4 is 29.7 Å². The molecule has 0 aliphatic rings. The summed E-state index contributed by atoms with van der Waals surface area (Å²) in [4.78, 5) is 0. The number of rotatable bonds is 18. The number of unbranched alkanes of at least 4 members (excludes halogenated alkanes) is 12. The maximum absolute atomic E-state index is 5.64. The van der Waals surface area contributed by atoms with Gasteiger partial charge in [0, 0.05) is 0 Å². The van der Waals surface area contributed by atoms with Crippen LogP contribution in [0.15, 0.2) is 0 Å². The van der Waals surface area contributed by atoms with E-state index in [1.54, 1.807) is 0 Å². The van der Waals surface area contributed by atoms with E-state index in [0.29, 0.717) is 13.2 Å². The van der Waals surface area contributed by atoms with Crippen molar-refractivity contribution in [3.05, 3.63) is 0 Å². The largest absolute Gasteiger partial charge is 0.691 e. The molecule has 23 heavy (non-hydrogen) atoms. The topological polar surface area (TPSA) is 18.5 Å². The van der Waals surface area contributed by atoms with Crippen LogP contribution in [0.1, 0.15) is 104 Å². The molecule has 0 amide bonds. The standard InChI is InChI=1S/C18H39O2PS2/c1-3-5-7-9-11-13-15-17-19-21(22,23)20-18-16-14-12-10-8-6-4-2/h3-18H2,1-2H3,(H,22,23)/p-1. The molecule has 0 unspecified atom stereocenters. The van der Waals surface area contributed by atoms with Crippen LogP contribution in [0.2, 0.25) is 0 Å². The van der Waals surface area contributed by atoms with Crippen molar-refractivity contribution in [2.45, 2.75) is 104 Å². The van der Waals surface area contributed by atoms with Crippen LogP contribution in [0.4, 0.5) is 0 Å². The molecule has 0 aliphatic carbocycles. The average molecular weight is 382 g/mol. The van der Waals surface area contributed by atoms with Gasteiger partial charge < -0.3 is 21.3 Å². The summed E-state index contributed by atoms with van der Waals surface area (Å²) in [5.41, 5.74) is -2.41. The van der Waals surface area contributed by atoms with Crippen LogP contribution in [0.3, 0.4) is 0 Å². The third-order valence-corrected chi connectivity index (χ3v) is 6.26. The third kappa shape index (κ3) is 19.1. The van der Waals surface area contributed by atoms with E-state index in [-0.39, 0.29) is 0 Å². The molecule has 0 heterocycles. The Hall–Kier alpha value is 0.920. The Bertz CT molecular complexity index is 264. The van der Waals surface area contributed by atoms with Gasteiger partial charge in [0.1, 0.15) is 0 Å². The Labute approximate surface area is 155 Å². The summed E-state index contributed by atoms with van der Waals surface area (Å²) < 4.78 is 11.3. The Morgan fingerprint density at radius 1 is 0.609 bits per heavy atom. The molecular formula is C18H38O2PS2-. The van der Waals surface area contributed by atoms with E-state index < -0.39 is 5.69 Å². The molecule has 5 heteroatoms. The van der Waals surface area contributed by atoms with E-state index >= 15 is 0 Å². The normalized spacial score (nSPS) is 12.0. The fourth-order valence-electron chi connectivity index (χ4n) is 2.51. The highest BCUT2D eigenvalue weighted by Gasteiger charge is 2.02. The van der Waals surface area contributed by atoms with Crippen molar-refractivity contribution in [2.24, 2.45) is 0 Å². The fraction of sp³-hybridized carbons (Fsp3) is 1.00. The van der Waals surface area contributed by atoms with Crippen molar-refractivity contribution in [3.8, 4) is 0 Å². The minimum absolute atomic E-state index is 0.672. The first-order chi connectivity index (χ1) is 11.1. The maximum Gasteiger partial charge on any atom is 0.0563 e. The van der Waals surface area contributed by atoms with E-state index in [4.69, 9.17) is 33.1 Å². The van der Waals surface area contributed by atoms with Gasteiger partial charge in [0.2, 0.25) is 0 Å². The van der Waals surface area contributed by atoms with Gasteiger partial charge in [0.15, 0.2) is 0 Å². The highest BCUT2D eigenvalue weighted by Crippen LogP contribution is 2.46. The predicted octanol–water partition coefficient (Wildman–Crippen LogP) is 7.29. The maximum atomic E-state index is 5.64. The van der Waals surface area contributed by atoms with Crippen molar-refractivity contribution in [2.75, 3.05) is 13.2 Å². The third-order valence-electron chi connectivity index (χ3n) is 3.99. The van der Waals surface area contributed by atoms with Gasteiger partial charge in [-0.2, -0.15) is 0 Å². The van der Waals surface area contributed by atoms with Crippen molar-refractivity contribution in [1.82, 2.24) is 0 Å². The van der Waals surface area contributed by atoms with Crippen LogP contribution in [0, 0.1) is 0 Å². The van der Waals surface area contributed by atoms with Crippen LogP contribution in [0.25, 0.3) is 0 Å². The lowest BCUT2D eigenvalue weighted by Crippen LogP contribution is -1.97. The smallest absolute Gasteiger partial charge is 0.0563 e. The second kappa shape index (κ2) is 17.7. The van der Waals surface area contributed by atoms with Gasteiger partial charge in [-0.3, -0.25) is 0 Å². The highest BCUT2D eigenvalue weighted by molar-refractivity contribution is 8.51. The second-order valence-corrected chi connectivity index (χ2v) is 11.3. The summed E-state index contributed by atoms with van der Waals surface area (Å²) in [7, 11) is 0. The zero-order chi connectivity index (χ0) is 17.2. The Balaban J connectivity index is 3.35. The summed E-state index contributed by atoms with van der Waals surface area (Å²) in [5.74, 6) is 0. The Morgan fingerprint density at radius 3 is 1.26 bits per heavy atom. The molecule has 0 radical (unpaired) electrons. The first-order valence-corrected chi connectivity index (χ1v) is 13.4. The molecular weight excluding hydrogens is 343 g/mol. The summed E-state index contributed by atoms with van der Waals surface area (Å²) in [6.07, 6.45) is 17.8. The van der Waals surface area contributed by atoms with Gasteiger partial charge in [0.05, 0.1) is 18.9 Å². The van der Waals surface area contributed by atoms with Gasteiger partial charge in [0.25, 0.3) is 0 Å². The van der Waals surface area contributed by atoms with Gasteiger partial charge in [-0.25, -0.2) is 0 Å². The molecule has 0 aromatic heterocycles. The molecule has 0 saturated carbocycles. The van der Waals surface area contributed by atoms with Gasteiger partial charge in [-0.05, 0) is 12.8 Å². The zero-order valence-electron chi connectivity index (χ0n) is 15.4. The average Bonchev–Trinajstić information content (AvgIpc) is 2.52. The van der Waals surface area contributed by atoms with Gasteiger partial charge in [-0.1, -0.05) is 103 Å². The van der Waals surface area contributed by atoms with E-state index in [2.05, 4.69) is 13.8 Å². The summed E-state index contributed by atoms with van der Waals surface area (Å²) in [6.45, 7) is 5.84. The monoisotopic (exact) mass is 381 g/mol. The minimum atomic E-state index is -2.41. The molecule has 0 spiro atoms. The Morgan fingerprint density at radius 2 is 0.913 bits per heavy atom. The Kier molecular flexibility index (Phi) is 18.4. The van der Waals surface area contributed by atoms with Crippen molar-refractivity contribution < 1.29 is 9.05 Å². The van der Waals surface area contributed by atoms with E-state index in [9.17, 15) is 0 Å². The predicted molar refractivity (Wildman–Crippen MR) is 110 cm³/mol. The van der Waals surface area contributed by atoms with Crippen LogP contribution < -0.4 is 0 Å². The molecule has 0 atom stereocenters. The van der Waals surface area contributed by atoms with E-state index in [1.807, 2.05) is 0 Å². The molecule has 2 nitrogen and oxygen atoms in total. The zero-order valence-corrected chi connectivity index (χ0v) is 17.9. The van der Waals surface area contributed by atoms with Crippen LogP contribution in [-0.4, -0.2) is 13.2 Å². The molecule has 0 rings (SSSR count). The summed E-state index contributed by atoms with van der Waals surface area (Å²) >= 11 is 10.6. The van der Waals surface area contributed by atoms with E-state index in [0.717, 1.165) is 12.8 Å². The molecule has 140 valence electrons.